The van der Waals surface area contributed by atoms with Crippen molar-refractivity contribution >= 4 is 17.8 Å². The number of nitrogens with one attached hydrogen (secondary N) is 2. The first kappa shape index (κ1) is 21.1. The number of hydrogen-bond donors (Lipinski definition) is 3. The van der Waals surface area contributed by atoms with Gasteiger partial charge in [0, 0.05) is 19.8 Å². The Bertz CT molecular complexity index is 834. The lowest BCUT2D eigenvalue weighted by Crippen LogP contribution is -2.52. The Morgan fingerprint density at radius 3 is 1.89 bits per heavy atom. The van der Waals surface area contributed by atoms with Gasteiger partial charge in [0.15, 0.2) is 0 Å². The molecular formula is C21H23FN2O4. The molecule has 2 amide bonds. The van der Waals surface area contributed by atoms with E-state index in [-0.39, 0.29) is 12.8 Å². The summed E-state index contributed by atoms with van der Waals surface area (Å²) >= 11 is 0. The predicted molar refractivity (Wildman–Crippen MR) is 102 cm³/mol. The lowest BCUT2D eigenvalue weighted by molar-refractivity contribution is -0.142. The Balaban J connectivity index is 2.11. The summed E-state index contributed by atoms with van der Waals surface area (Å²) in [6.45, 7) is 3.19. The highest BCUT2D eigenvalue weighted by Gasteiger charge is 2.26. The fourth-order valence-electron chi connectivity index (χ4n) is 2.74. The van der Waals surface area contributed by atoms with E-state index in [1.165, 1.54) is 31.2 Å². The molecule has 0 unspecified atom stereocenters. The van der Waals surface area contributed by atoms with Crippen molar-refractivity contribution in [2.45, 2.75) is 38.8 Å². The molecule has 0 aliphatic carbocycles. The van der Waals surface area contributed by atoms with Crippen LogP contribution in [0.4, 0.5) is 4.39 Å². The number of carboxylic acid groups (broad SMARTS) is 1. The first-order chi connectivity index (χ1) is 13.2. The lowest BCUT2D eigenvalue weighted by atomic mass is 10.0. The van der Waals surface area contributed by atoms with Gasteiger partial charge in [-0.25, -0.2) is 9.18 Å². The van der Waals surface area contributed by atoms with Crippen molar-refractivity contribution in [1.29, 1.82) is 0 Å². The van der Waals surface area contributed by atoms with Crippen LogP contribution in [0.2, 0.25) is 0 Å². The van der Waals surface area contributed by atoms with Crippen LogP contribution in [-0.4, -0.2) is 35.0 Å². The van der Waals surface area contributed by atoms with Gasteiger partial charge in [-0.3, -0.25) is 9.59 Å². The van der Waals surface area contributed by atoms with E-state index in [0.717, 1.165) is 11.1 Å². The number of rotatable bonds is 8. The van der Waals surface area contributed by atoms with E-state index in [1.54, 1.807) is 12.1 Å². The molecular weight excluding hydrogens is 363 g/mol. The van der Waals surface area contributed by atoms with E-state index in [4.69, 9.17) is 0 Å². The van der Waals surface area contributed by atoms with E-state index < -0.39 is 35.7 Å². The molecule has 28 heavy (non-hydrogen) atoms. The standard InChI is InChI=1S/C21H23FN2O4/c1-13-3-5-15(6-4-13)12-19(21(27)28)24-20(26)18(23-14(2)25)11-16-7-9-17(22)10-8-16/h3-10,18-19H,11-12H2,1-2H3,(H,23,25)(H,24,26)(H,27,28)/t18-,19-/m1/s1. The van der Waals surface area contributed by atoms with Crippen LogP contribution in [0.1, 0.15) is 23.6 Å². The zero-order valence-corrected chi connectivity index (χ0v) is 15.7. The molecule has 7 heteroatoms. The van der Waals surface area contributed by atoms with Crippen molar-refractivity contribution in [3.05, 3.63) is 71.0 Å². The fraction of sp³-hybridized carbons (Fsp3) is 0.286. The summed E-state index contributed by atoms with van der Waals surface area (Å²) in [5.74, 6) is -2.61. The average molecular weight is 386 g/mol. The highest BCUT2D eigenvalue weighted by atomic mass is 19.1. The number of aryl methyl sites for hydroxylation is 1. The van der Waals surface area contributed by atoms with Crippen LogP contribution in [-0.2, 0) is 27.2 Å². The van der Waals surface area contributed by atoms with Gasteiger partial charge in [0.05, 0.1) is 0 Å². The van der Waals surface area contributed by atoms with Crippen LogP contribution < -0.4 is 10.6 Å². The van der Waals surface area contributed by atoms with Gasteiger partial charge >= 0.3 is 5.97 Å². The number of halogens is 1. The number of benzene rings is 2. The first-order valence-corrected chi connectivity index (χ1v) is 8.85. The van der Waals surface area contributed by atoms with E-state index in [2.05, 4.69) is 10.6 Å². The maximum absolute atomic E-state index is 13.1. The van der Waals surface area contributed by atoms with Crippen LogP contribution in [0.3, 0.4) is 0 Å². The Labute approximate surface area is 162 Å². The van der Waals surface area contributed by atoms with Gasteiger partial charge < -0.3 is 15.7 Å². The zero-order valence-electron chi connectivity index (χ0n) is 15.7. The van der Waals surface area contributed by atoms with Gasteiger partial charge in [0.1, 0.15) is 17.9 Å². The molecule has 3 N–H and O–H groups in total. The summed E-state index contributed by atoms with van der Waals surface area (Å²) in [4.78, 5) is 35.7. The largest absolute Gasteiger partial charge is 0.480 e. The molecule has 148 valence electrons. The molecule has 0 bridgehead atoms. The van der Waals surface area contributed by atoms with Crippen molar-refractivity contribution < 1.29 is 23.9 Å². The van der Waals surface area contributed by atoms with Crippen molar-refractivity contribution in [3.63, 3.8) is 0 Å². The highest BCUT2D eigenvalue weighted by molar-refractivity contribution is 5.90. The minimum Gasteiger partial charge on any atom is -0.480 e. The van der Waals surface area contributed by atoms with Crippen molar-refractivity contribution in [2.75, 3.05) is 0 Å². The van der Waals surface area contributed by atoms with Gasteiger partial charge in [-0.15, -0.1) is 0 Å². The third-order valence-corrected chi connectivity index (χ3v) is 4.22. The van der Waals surface area contributed by atoms with Crippen LogP contribution in [0, 0.1) is 12.7 Å². The van der Waals surface area contributed by atoms with Gasteiger partial charge in [-0.2, -0.15) is 0 Å². The van der Waals surface area contributed by atoms with E-state index >= 15 is 0 Å². The number of amides is 2. The molecule has 0 aliphatic heterocycles. The van der Waals surface area contributed by atoms with Gasteiger partial charge in [-0.1, -0.05) is 42.0 Å². The Hall–Kier alpha value is -3.22. The van der Waals surface area contributed by atoms with Gasteiger partial charge in [0.25, 0.3) is 0 Å². The summed E-state index contributed by atoms with van der Waals surface area (Å²) < 4.78 is 13.1. The molecule has 2 aromatic carbocycles. The molecule has 0 saturated heterocycles. The summed E-state index contributed by atoms with van der Waals surface area (Å²) in [6, 6.07) is 10.8. The SMILES string of the molecule is CC(=O)N[C@H](Cc1ccc(F)cc1)C(=O)N[C@H](Cc1ccc(C)cc1)C(=O)O. The Kier molecular flexibility index (Phi) is 7.26. The minimum absolute atomic E-state index is 0.114. The predicted octanol–water partition coefficient (Wildman–Crippen LogP) is 1.99. The Morgan fingerprint density at radius 1 is 0.893 bits per heavy atom. The number of aliphatic carboxylic acids is 1. The van der Waals surface area contributed by atoms with Crippen LogP contribution >= 0.6 is 0 Å². The summed E-state index contributed by atoms with van der Waals surface area (Å²) in [7, 11) is 0. The lowest BCUT2D eigenvalue weighted by Gasteiger charge is -2.21. The third-order valence-electron chi connectivity index (χ3n) is 4.22. The molecule has 0 radical (unpaired) electrons. The molecule has 0 spiro atoms. The van der Waals surface area contributed by atoms with Crippen molar-refractivity contribution in [1.82, 2.24) is 10.6 Å². The number of carbonyl (C=O) groups is 3. The quantitative estimate of drug-likeness (QED) is 0.647. The maximum atomic E-state index is 13.1. The van der Waals surface area contributed by atoms with Crippen LogP contribution in [0.15, 0.2) is 48.5 Å². The van der Waals surface area contributed by atoms with E-state index in [0.29, 0.717) is 5.56 Å². The molecule has 0 fully saturated rings. The molecule has 2 atom stereocenters. The second kappa shape index (κ2) is 9.64. The molecule has 2 aromatic rings. The smallest absolute Gasteiger partial charge is 0.326 e. The molecule has 0 aliphatic rings. The van der Waals surface area contributed by atoms with Crippen LogP contribution in [0.25, 0.3) is 0 Å². The van der Waals surface area contributed by atoms with Crippen molar-refractivity contribution in [3.8, 4) is 0 Å². The second-order valence-corrected chi connectivity index (χ2v) is 6.67. The first-order valence-electron chi connectivity index (χ1n) is 8.85. The Morgan fingerprint density at radius 2 is 1.39 bits per heavy atom. The topological polar surface area (TPSA) is 95.5 Å². The van der Waals surface area contributed by atoms with Crippen LogP contribution in [0.5, 0.6) is 0 Å². The summed E-state index contributed by atoms with van der Waals surface area (Å²) in [5, 5.41) is 14.5. The zero-order chi connectivity index (χ0) is 20.7. The number of hydrogen-bond acceptors (Lipinski definition) is 3. The second-order valence-electron chi connectivity index (χ2n) is 6.67. The van der Waals surface area contributed by atoms with E-state index in [1.807, 2.05) is 19.1 Å². The maximum Gasteiger partial charge on any atom is 0.326 e. The molecule has 6 nitrogen and oxygen atoms in total. The number of carboxylic acids is 1. The molecule has 0 saturated carbocycles. The monoisotopic (exact) mass is 386 g/mol. The molecule has 0 heterocycles. The normalized spacial score (nSPS) is 12.7. The summed E-state index contributed by atoms with van der Waals surface area (Å²) in [5.41, 5.74) is 2.46. The fourth-order valence-corrected chi connectivity index (χ4v) is 2.74. The number of carbonyl (C=O) groups excluding carboxylic acids is 2. The van der Waals surface area contributed by atoms with Gasteiger partial charge in [-0.05, 0) is 30.2 Å². The van der Waals surface area contributed by atoms with Crippen molar-refractivity contribution in [2.24, 2.45) is 0 Å². The third kappa shape index (κ3) is 6.50. The minimum atomic E-state index is -1.17. The highest BCUT2D eigenvalue weighted by Crippen LogP contribution is 2.09. The molecule has 0 aromatic heterocycles. The van der Waals surface area contributed by atoms with E-state index in [9.17, 15) is 23.9 Å². The molecule has 2 rings (SSSR count). The van der Waals surface area contributed by atoms with Gasteiger partial charge in [0.2, 0.25) is 11.8 Å². The summed E-state index contributed by atoms with van der Waals surface area (Å²) in [6.07, 6.45) is 0.229. The average Bonchev–Trinajstić information content (AvgIpc) is 2.63.